The van der Waals surface area contributed by atoms with Crippen molar-refractivity contribution in [3.8, 4) is 0 Å². The van der Waals surface area contributed by atoms with Crippen LogP contribution in [0.25, 0.3) is 0 Å². The van der Waals surface area contributed by atoms with Gasteiger partial charge < -0.3 is 9.84 Å². The molecule has 0 aromatic rings. The first-order valence-corrected chi connectivity index (χ1v) is 8.80. The number of ether oxygens (including phenoxy) is 1. The van der Waals surface area contributed by atoms with E-state index in [2.05, 4.69) is 24.4 Å². The van der Waals surface area contributed by atoms with E-state index in [1.807, 2.05) is 13.8 Å². The Bertz CT molecular complexity index is 317. The van der Waals surface area contributed by atoms with Gasteiger partial charge in [-0.1, -0.05) is 45.8 Å². The second-order valence-corrected chi connectivity index (χ2v) is 5.92. The van der Waals surface area contributed by atoms with Gasteiger partial charge in [0.05, 0.1) is 6.61 Å². The molecule has 0 radical (unpaired) electrons. The number of hydrogen-bond donors (Lipinski definition) is 2. The van der Waals surface area contributed by atoms with Gasteiger partial charge in [-0.15, -0.1) is 0 Å². The lowest BCUT2D eigenvalue weighted by Gasteiger charge is -2.30. The van der Waals surface area contributed by atoms with E-state index in [9.17, 15) is 9.90 Å². The van der Waals surface area contributed by atoms with E-state index in [4.69, 9.17) is 4.74 Å². The SMILES string of the molecule is CCCCC/C=C\CCC(O)(CC)NC(C)C(=O)OCCC. The Hall–Kier alpha value is -0.870. The lowest BCUT2D eigenvalue weighted by molar-refractivity contribution is -0.148. The summed E-state index contributed by atoms with van der Waals surface area (Å²) in [4.78, 5) is 11.8. The number of allylic oxidation sites excluding steroid dienone is 2. The first kappa shape index (κ1) is 21.1. The third-order valence-electron chi connectivity index (χ3n) is 3.74. The molecule has 0 bridgehead atoms. The lowest BCUT2D eigenvalue weighted by Crippen LogP contribution is -2.52. The monoisotopic (exact) mass is 313 g/mol. The van der Waals surface area contributed by atoms with E-state index in [0.29, 0.717) is 19.4 Å². The van der Waals surface area contributed by atoms with Crippen LogP contribution in [0, 0.1) is 0 Å². The maximum atomic E-state index is 11.8. The first-order valence-electron chi connectivity index (χ1n) is 8.80. The van der Waals surface area contributed by atoms with Crippen molar-refractivity contribution in [2.45, 2.75) is 90.8 Å². The Balaban J connectivity index is 4.14. The van der Waals surface area contributed by atoms with Crippen LogP contribution in [0.3, 0.4) is 0 Å². The molecule has 0 aliphatic heterocycles. The number of carbonyl (C=O) groups excluding carboxylic acids is 1. The molecule has 0 aromatic carbocycles. The molecule has 4 nitrogen and oxygen atoms in total. The number of esters is 1. The zero-order chi connectivity index (χ0) is 16.8. The Morgan fingerprint density at radius 3 is 2.45 bits per heavy atom. The van der Waals surface area contributed by atoms with Crippen LogP contribution in [0.15, 0.2) is 12.2 Å². The molecular weight excluding hydrogens is 278 g/mol. The zero-order valence-electron chi connectivity index (χ0n) is 14.9. The fourth-order valence-corrected chi connectivity index (χ4v) is 2.21. The molecule has 0 saturated heterocycles. The molecular formula is C18H35NO3. The largest absolute Gasteiger partial charge is 0.465 e. The van der Waals surface area contributed by atoms with Crippen LogP contribution in [-0.2, 0) is 9.53 Å². The van der Waals surface area contributed by atoms with Gasteiger partial charge in [-0.05, 0) is 45.4 Å². The Morgan fingerprint density at radius 2 is 1.86 bits per heavy atom. The van der Waals surface area contributed by atoms with Crippen LogP contribution >= 0.6 is 0 Å². The summed E-state index contributed by atoms with van der Waals surface area (Å²) in [6.07, 6.45) is 11.9. The van der Waals surface area contributed by atoms with Gasteiger partial charge in [0.15, 0.2) is 0 Å². The normalized spacial score (nSPS) is 15.7. The van der Waals surface area contributed by atoms with Crippen LogP contribution < -0.4 is 5.32 Å². The van der Waals surface area contributed by atoms with E-state index < -0.39 is 11.8 Å². The van der Waals surface area contributed by atoms with Gasteiger partial charge in [0.2, 0.25) is 0 Å². The van der Waals surface area contributed by atoms with Gasteiger partial charge in [-0.3, -0.25) is 10.1 Å². The molecule has 0 aromatic heterocycles. The van der Waals surface area contributed by atoms with Gasteiger partial charge in [-0.2, -0.15) is 0 Å². The molecule has 130 valence electrons. The van der Waals surface area contributed by atoms with Crippen molar-refractivity contribution in [3.05, 3.63) is 12.2 Å². The molecule has 22 heavy (non-hydrogen) atoms. The highest BCUT2D eigenvalue weighted by molar-refractivity contribution is 5.75. The molecule has 0 heterocycles. The quantitative estimate of drug-likeness (QED) is 0.234. The van der Waals surface area contributed by atoms with Crippen molar-refractivity contribution in [2.24, 2.45) is 0 Å². The van der Waals surface area contributed by atoms with Crippen molar-refractivity contribution in [3.63, 3.8) is 0 Å². The van der Waals surface area contributed by atoms with Crippen molar-refractivity contribution < 1.29 is 14.6 Å². The van der Waals surface area contributed by atoms with Gasteiger partial charge >= 0.3 is 5.97 Å². The van der Waals surface area contributed by atoms with Crippen LogP contribution in [0.1, 0.15) is 79.1 Å². The number of rotatable bonds is 13. The molecule has 0 amide bonds. The maximum absolute atomic E-state index is 11.8. The topological polar surface area (TPSA) is 58.6 Å². The van der Waals surface area contributed by atoms with E-state index >= 15 is 0 Å². The zero-order valence-corrected chi connectivity index (χ0v) is 14.9. The van der Waals surface area contributed by atoms with E-state index in [1.165, 1.54) is 19.3 Å². The second-order valence-electron chi connectivity index (χ2n) is 5.92. The van der Waals surface area contributed by atoms with E-state index in [-0.39, 0.29) is 5.97 Å². The average Bonchev–Trinajstić information content (AvgIpc) is 2.51. The van der Waals surface area contributed by atoms with Crippen molar-refractivity contribution in [2.75, 3.05) is 6.61 Å². The summed E-state index contributed by atoms with van der Waals surface area (Å²) in [6.45, 7) is 8.24. The predicted molar refractivity (Wildman–Crippen MR) is 91.6 cm³/mol. The van der Waals surface area contributed by atoms with Gasteiger partial charge in [0.25, 0.3) is 0 Å². The minimum atomic E-state index is -1.02. The highest BCUT2D eigenvalue weighted by Crippen LogP contribution is 2.16. The summed E-state index contributed by atoms with van der Waals surface area (Å²) in [5.74, 6) is -0.302. The molecule has 0 aliphatic carbocycles. The Kier molecular flexibility index (Phi) is 12.2. The second kappa shape index (κ2) is 12.7. The molecule has 0 saturated carbocycles. The third kappa shape index (κ3) is 9.96. The van der Waals surface area contributed by atoms with Crippen LogP contribution in [0.5, 0.6) is 0 Å². The molecule has 0 aliphatic rings. The molecule has 2 atom stereocenters. The summed E-state index contributed by atoms with van der Waals surface area (Å²) in [5.41, 5.74) is -1.02. The minimum Gasteiger partial charge on any atom is -0.465 e. The first-order chi connectivity index (χ1) is 10.5. The number of unbranched alkanes of at least 4 members (excludes halogenated alkanes) is 3. The fourth-order valence-electron chi connectivity index (χ4n) is 2.21. The molecule has 0 rings (SSSR count). The molecule has 4 heteroatoms. The van der Waals surface area contributed by atoms with Crippen molar-refractivity contribution in [1.82, 2.24) is 5.32 Å². The molecule has 2 unspecified atom stereocenters. The highest BCUT2D eigenvalue weighted by Gasteiger charge is 2.28. The predicted octanol–water partition coefficient (Wildman–Crippen LogP) is 3.93. The molecule has 0 spiro atoms. The van der Waals surface area contributed by atoms with Gasteiger partial charge in [0.1, 0.15) is 11.8 Å². The Morgan fingerprint density at radius 1 is 1.18 bits per heavy atom. The van der Waals surface area contributed by atoms with Crippen molar-refractivity contribution in [1.29, 1.82) is 0 Å². The fraction of sp³-hybridized carbons (Fsp3) is 0.833. The number of nitrogens with one attached hydrogen (secondary N) is 1. The minimum absolute atomic E-state index is 0.302. The number of aliphatic hydroxyl groups is 1. The maximum Gasteiger partial charge on any atom is 0.322 e. The lowest BCUT2D eigenvalue weighted by atomic mass is 10.0. The molecule has 2 N–H and O–H groups in total. The third-order valence-corrected chi connectivity index (χ3v) is 3.74. The number of hydrogen-bond acceptors (Lipinski definition) is 4. The average molecular weight is 313 g/mol. The van der Waals surface area contributed by atoms with Crippen LogP contribution in [0.2, 0.25) is 0 Å². The summed E-state index contributed by atoms with van der Waals surface area (Å²) < 4.78 is 5.10. The smallest absolute Gasteiger partial charge is 0.322 e. The van der Waals surface area contributed by atoms with Gasteiger partial charge in [-0.25, -0.2) is 0 Å². The highest BCUT2D eigenvalue weighted by atomic mass is 16.5. The summed E-state index contributed by atoms with van der Waals surface area (Å²) in [5, 5.41) is 13.6. The standard InChI is InChI=1S/C18H35NO3/c1-5-8-9-10-11-12-13-14-18(21,7-3)19-16(4)17(20)22-15-6-2/h11-12,16,19,21H,5-10,13-15H2,1-4H3/b12-11-. The van der Waals surface area contributed by atoms with Crippen LogP contribution in [-0.4, -0.2) is 29.4 Å². The Labute approximate surface area is 136 Å². The summed E-state index contributed by atoms with van der Waals surface area (Å²) in [6, 6.07) is -0.495. The molecule has 0 fully saturated rings. The van der Waals surface area contributed by atoms with Crippen LogP contribution in [0.4, 0.5) is 0 Å². The summed E-state index contributed by atoms with van der Waals surface area (Å²) in [7, 11) is 0. The summed E-state index contributed by atoms with van der Waals surface area (Å²) >= 11 is 0. The number of carbonyl (C=O) groups is 1. The van der Waals surface area contributed by atoms with Gasteiger partial charge in [0, 0.05) is 0 Å². The van der Waals surface area contributed by atoms with E-state index in [0.717, 1.165) is 19.3 Å². The van der Waals surface area contributed by atoms with E-state index in [1.54, 1.807) is 6.92 Å². The van der Waals surface area contributed by atoms with Crippen molar-refractivity contribution >= 4 is 5.97 Å².